The third-order valence-electron chi connectivity index (χ3n) is 4.15. The molecule has 1 amide bonds. The van der Waals surface area contributed by atoms with Crippen molar-refractivity contribution in [3.63, 3.8) is 0 Å². The van der Waals surface area contributed by atoms with Gasteiger partial charge in [0.25, 0.3) is 5.91 Å². The van der Waals surface area contributed by atoms with Gasteiger partial charge in [0.2, 0.25) is 11.6 Å². The van der Waals surface area contributed by atoms with Crippen LogP contribution in [0.3, 0.4) is 0 Å². The van der Waals surface area contributed by atoms with E-state index >= 15 is 0 Å². The van der Waals surface area contributed by atoms with Crippen molar-refractivity contribution in [1.82, 2.24) is 24.8 Å². The fourth-order valence-corrected chi connectivity index (χ4v) is 2.89. The van der Waals surface area contributed by atoms with Gasteiger partial charge in [0.1, 0.15) is 0 Å². The standard InChI is InChI=1S/C16H20ClN5O2/c1-20-7-9-21(10-8-20)15(23)14-16(24-2)22(19-18-14)11-12-5-3-4-6-13(12)17/h3-6H,7-11H2,1-2H3. The van der Waals surface area contributed by atoms with Crippen LogP contribution in [0.1, 0.15) is 16.1 Å². The quantitative estimate of drug-likeness (QED) is 0.834. The Labute approximate surface area is 145 Å². The minimum absolute atomic E-state index is 0.148. The molecule has 1 aliphatic heterocycles. The number of hydrogen-bond acceptors (Lipinski definition) is 5. The minimum Gasteiger partial charge on any atom is -0.479 e. The number of benzene rings is 1. The molecule has 1 fully saturated rings. The second-order valence-electron chi connectivity index (χ2n) is 5.79. The molecule has 1 aliphatic rings. The number of likely N-dealkylation sites (N-methyl/N-ethyl adjacent to an activating group) is 1. The summed E-state index contributed by atoms with van der Waals surface area (Å²) in [7, 11) is 3.56. The number of halogens is 1. The van der Waals surface area contributed by atoms with E-state index in [4.69, 9.17) is 16.3 Å². The largest absolute Gasteiger partial charge is 0.479 e. The van der Waals surface area contributed by atoms with E-state index in [-0.39, 0.29) is 11.6 Å². The molecule has 0 atom stereocenters. The monoisotopic (exact) mass is 349 g/mol. The number of aromatic nitrogens is 3. The Balaban J connectivity index is 1.82. The molecule has 8 heteroatoms. The first-order valence-corrected chi connectivity index (χ1v) is 8.16. The molecular formula is C16H20ClN5O2. The Bertz CT molecular complexity index is 725. The van der Waals surface area contributed by atoms with Crippen LogP contribution in [0, 0.1) is 0 Å². The molecule has 0 radical (unpaired) electrons. The van der Waals surface area contributed by atoms with Crippen LogP contribution in [0.4, 0.5) is 0 Å². The van der Waals surface area contributed by atoms with Gasteiger partial charge in [-0.1, -0.05) is 35.0 Å². The van der Waals surface area contributed by atoms with Crippen molar-refractivity contribution >= 4 is 17.5 Å². The number of carbonyl (C=O) groups excluding carboxylic acids is 1. The molecule has 3 rings (SSSR count). The van der Waals surface area contributed by atoms with Crippen LogP contribution in [0.2, 0.25) is 5.02 Å². The van der Waals surface area contributed by atoms with Crippen LogP contribution in [-0.4, -0.2) is 71.0 Å². The van der Waals surface area contributed by atoms with Crippen LogP contribution < -0.4 is 4.74 Å². The van der Waals surface area contributed by atoms with Crippen LogP contribution in [0.25, 0.3) is 0 Å². The number of hydrogen-bond donors (Lipinski definition) is 0. The zero-order chi connectivity index (χ0) is 17.1. The number of rotatable bonds is 4. The molecule has 1 aromatic heterocycles. The van der Waals surface area contributed by atoms with Gasteiger partial charge in [-0.3, -0.25) is 4.79 Å². The average molecular weight is 350 g/mol. The first-order chi connectivity index (χ1) is 11.6. The van der Waals surface area contributed by atoms with Gasteiger partial charge in [0.05, 0.1) is 13.7 Å². The lowest BCUT2D eigenvalue weighted by Crippen LogP contribution is -2.47. The molecule has 0 aliphatic carbocycles. The minimum atomic E-state index is -0.148. The van der Waals surface area contributed by atoms with Crippen molar-refractivity contribution in [3.05, 3.63) is 40.5 Å². The first kappa shape index (κ1) is 16.7. The zero-order valence-corrected chi connectivity index (χ0v) is 14.5. The Morgan fingerprint density at radius 2 is 1.96 bits per heavy atom. The third-order valence-corrected chi connectivity index (χ3v) is 4.52. The number of amides is 1. The summed E-state index contributed by atoms with van der Waals surface area (Å²) in [6.45, 7) is 3.45. The lowest BCUT2D eigenvalue weighted by Gasteiger charge is -2.31. The van der Waals surface area contributed by atoms with Crippen molar-refractivity contribution < 1.29 is 9.53 Å². The smallest absolute Gasteiger partial charge is 0.280 e. The molecule has 0 bridgehead atoms. The summed E-state index contributed by atoms with van der Waals surface area (Å²) in [5, 5.41) is 8.77. The van der Waals surface area contributed by atoms with Gasteiger partial charge >= 0.3 is 0 Å². The normalized spacial score (nSPS) is 15.5. The van der Waals surface area contributed by atoms with Crippen molar-refractivity contribution in [2.45, 2.75) is 6.54 Å². The van der Waals surface area contributed by atoms with Gasteiger partial charge in [-0.15, -0.1) is 5.10 Å². The number of methoxy groups -OCH3 is 1. The Morgan fingerprint density at radius 1 is 1.25 bits per heavy atom. The maximum atomic E-state index is 12.7. The van der Waals surface area contributed by atoms with E-state index in [2.05, 4.69) is 15.2 Å². The fourth-order valence-electron chi connectivity index (χ4n) is 2.69. The molecule has 0 unspecified atom stereocenters. The summed E-state index contributed by atoms with van der Waals surface area (Å²) in [6.07, 6.45) is 0. The lowest BCUT2D eigenvalue weighted by atomic mass is 10.2. The molecule has 1 aromatic carbocycles. The van der Waals surface area contributed by atoms with E-state index < -0.39 is 0 Å². The highest BCUT2D eigenvalue weighted by molar-refractivity contribution is 6.31. The highest BCUT2D eigenvalue weighted by Crippen LogP contribution is 2.22. The number of ether oxygens (including phenoxy) is 1. The summed E-state index contributed by atoms with van der Waals surface area (Å²) in [5.74, 6) is 0.212. The summed E-state index contributed by atoms with van der Waals surface area (Å²) in [4.78, 5) is 16.7. The highest BCUT2D eigenvalue weighted by Gasteiger charge is 2.27. The van der Waals surface area contributed by atoms with E-state index in [1.807, 2.05) is 31.3 Å². The first-order valence-electron chi connectivity index (χ1n) is 7.79. The van der Waals surface area contributed by atoms with Crippen LogP contribution >= 0.6 is 11.6 Å². The number of piperazine rings is 1. The van der Waals surface area contributed by atoms with E-state index in [9.17, 15) is 4.79 Å². The molecule has 2 heterocycles. The molecule has 128 valence electrons. The molecule has 2 aromatic rings. The summed E-state index contributed by atoms with van der Waals surface area (Å²) in [5.41, 5.74) is 1.13. The molecule has 7 nitrogen and oxygen atoms in total. The van der Waals surface area contributed by atoms with Gasteiger partial charge in [-0.05, 0) is 18.7 Å². The summed E-state index contributed by atoms with van der Waals surface area (Å²) in [6, 6.07) is 7.50. The SMILES string of the molecule is COc1c(C(=O)N2CCN(C)CC2)nnn1Cc1ccccc1Cl. The van der Waals surface area contributed by atoms with Crippen molar-refractivity contribution in [2.75, 3.05) is 40.3 Å². The van der Waals surface area contributed by atoms with Crippen LogP contribution in [0.15, 0.2) is 24.3 Å². The topological polar surface area (TPSA) is 63.5 Å². The maximum absolute atomic E-state index is 12.7. The van der Waals surface area contributed by atoms with Gasteiger partial charge < -0.3 is 14.5 Å². The van der Waals surface area contributed by atoms with E-state index in [1.165, 1.54) is 7.11 Å². The summed E-state index contributed by atoms with van der Waals surface area (Å²) < 4.78 is 6.96. The van der Waals surface area contributed by atoms with E-state index in [0.717, 1.165) is 18.7 Å². The van der Waals surface area contributed by atoms with Crippen molar-refractivity contribution in [2.24, 2.45) is 0 Å². The van der Waals surface area contributed by atoms with Gasteiger partial charge in [0, 0.05) is 31.2 Å². The zero-order valence-electron chi connectivity index (χ0n) is 13.8. The maximum Gasteiger partial charge on any atom is 0.280 e. The Morgan fingerprint density at radius 3 is 2.62 bits per heavy atom. The molecule has 0 spiro atoms. The van der Waals surface area contributed by atoms with Crippen LogP contribution in [-0.2, 0) is 6.54 Å². The molecule has 0 N–H and O–H groups in total. The fraction of sp³-hybridized carbons (Fsp3) is 0.438. The number of carbonyl (C=O) groups is 1. The average Bonchev–Trinajstić information content (AvgIpc) is 2.99. The predicted octanol–water partition coefficient (Wildman–Crippen LogP) is 1.38. The van der Waals surface area contributed by atoms with Gasteiger partial charge in [-0.2, -0.15) is 0 Å². The second kappa shape index (κ2) is 7.19. The molecular weight excluding hydrogens is 330 g/mol. The van der Waals surface area contributed by atoms with E-state index in [1.54, 1.807) is 9.58 Å². The van der Waals surface area contributed by atoms with Gasteiger partial charge in [0.15, 0.2) is 0 Å². The van der Waals surface area contributed by atoms with Crippen molar-refractivity contribution in [1.29, 1.82) is 0 Å². The van der Waals surface area contributed by atoms with E-state index in [0.29, 0.717) is 30.5 Å². The highest BCUT2D eigenvalue weighted by atomic mass is 35.5. The Kier molecular flexibility index (Phi) is 5.01. The Hall–Kier alpha value is -2.12. The molecule has 0 saturated carbocycles. The van der Waals surface area contributed by atoms with Crippen molar-refractivity contribution in [3.8, 4) is 5.88 Å². The number of nitrogens with zero attached hydrogens (tertiary/aromatic N) is 5. The summed E-state index contributed by atoms with van der Waals surface area (Å²) >= 11 is 6.19. The third kappa shape index (κ3) is 3.37. The van der Waals surface area contributed by atoms with Gasteiger partial charge in [-0.25, -0.2) is 4.68 Å². The molecule has 24 heavy (non-hydrogen) atoms. The molecule has 1 saturated heterocycles. The lowest BCUT2D eigenvalue weighted by molar-refractivity contribution is 0.0654. The predicted molar refractivity (Wildman–Crippen MR) is 90.5 cm³/mol. The second-order valence-corrected chi connectivity index (χ2v) is 6.20. The van der Waals surface area contributed by atoms with Crippen LogP contribution in [0.5, 0.6) is 5.88 Å².